The summed E-state index contributed by atoms with van der Waals surface area (Å²) in [4.78, 5) is 0. The van der Waals surface area contributed by atoms with Gasteiger partial charge in [0.15, 0.2) is 0 Å². The Morgan fingerprint density at radius 3 is 3.00 bits per heavy atom. The lowest BCUT2D eigenvalue weighted by Crippen LogP contribution is -2.08. The van der Waals surface area contributed by atoms with Crippen molar-refractivity contribution in [2.45, 2.75) is 25.9 Å². The highest BCUT2D eigenvalue weighted by Crippen LogP contribution is 2.26. The Morgan fingerprint density at radius 2 is 2.56 bits per heavy atom. The van der Waals surface area contributed by atoms with Crippen molar-refractivity contribution >= 4 is 11.8 Å². The summed E-state index contributed by atoms with van der Waals surface area (Å²) >= 11 is 2.01. The van der Waals surface area contributed by atoms with Gasteiger partial charge in [-0.1, -0.05) is 0 Å². The largest absolute Gasteiger partial charge is 0.393 e. The average Bonchev–Trinajstić information content (AvgIpc) is 2.15. The van der Waals surface area contributed by atoms with E-state index in [0.29, 0.717) is 0 Å². The van der Waals surface area contributed by atoms with E-state index in [1.807, 2.05) is 18.7 Å². The zero-order valence-electron chi connectivity index (χ0n) is 5.84. The van der Waals surface area contributed by atoms with Crippen LogP contribution < -0.4 is 0 Å². The Balaban J connectivity index is 2.11. The van der Waals surface area contributed by atoms with E-state index < -0.39 is 0 Å². The molecule has 2 atom stereocenters. The number of rotatable bonds is 2. The van der Waals surface area contributed by atoms with E-state index in [9.17, 15) is 0 Å². The molecule has 1 saturated heterocycles. The van der Waals surface area contributed by atoms with Crippen molar-refractivity contribution in [3.8, 4) is 0 Å². The second-order valence-corrected chi connectivity index (χ2v) is 3.96. The van der Waals surface area contributed by atoms with Crippen molar-refractivity contribution in [3.63, 3.8) is 0 Å². The third-order valence-corrected chi connectivity index (χ3v) is 2.93. The Labute approximate surface area is 60.8 Å². The molecule has 0 saturated carbocycles. The molecular formula is C7H14OS. The zero-order chi connectivity index (χ0) is 6.69. The van der Waals surface area contributed by atoms with Crippen LogP contribution in [0.15, 0.2) is 0 Å². The maximum atomic E-state index is 9.00. The van der Waals surface area contributed by atoms with Gasteiger partial charge in [0.25, 0.3) is 0 Å². The highest BCUT2D eigenvalue weighted by molar-refractivity contribution is 7.99. The first-order valence-electron chi connectivity index (χ1n) is 3.55. The SMILES string of the molecule is CC(O)CC1CCSC1. The number of hydrogen-bond acceptors (Lipinski definition) is 2. The van der Waals surface area contributed by atoms with Crippen LogP contribution in [-0.4, -0.2) is 22.7 Å². The first-order valence-corrected chi connectivity index (χ1v) is 4.70. The fourth-order valence-corrected chi connectivity index (χ4v) is 2.55. The lowest BCUT2D eigenvalue weighted by molar-refractivity contribution is 0.165. The summed E-state index contributed by atoms with van der Waals surface area (Å²) in [5.74, 6) is 3.37. The van der Waals surface area contributed by atoms with E-state index in [-0.39, 0.29) is 6.10 Å². The van der Waals surface area contributed by atoms with E-state index in [4.69, 9.17) is 5.11 Å². The topological polar surface area (TPSA) is 20.2 Å². The fourth-order valence-electron chi connectivity index (χ4n) is 1.25. The van der Waals surface area contributed by atoms with Gasteiger partial charge in [0.05, 0.1) is 6.10 Å². The van der Waals surface area contributed by atoms with Gasteiger partial charge >= 0.3 is 0 Å². The molecule has 0 spiro atoms. The minimum Gasteiger partial charge on any atom is -0.393 e. The molecule has 9 heavy (non-hydrogen) atoms. The molecule has 0 bridgehead atoms. The summed E-state index contributed by atoms with van der Waals surface area (Å²) in [5.41, 5.74) is 0. The molecule has 1 N–H and O–H groups in total. The minimum absolute atomic E-state index is 0.0892. The average molecular weight is 146 g/mol. The van der Waals surface area contributed by atoms with Crippen molar-refractivity contribution < 1.29 is 5.11 Å². The predicted molar refractivity (Wildman–Crippen MR) is 41.7 cm³/mol. The van der Waals surface area contributed by atoms with Crippen LogP contribution in [-0.2, 0) is 0 Å². The first-order chi connectivity index (χ1) is 4.29. The Hall–Kier alpha value is 0.310. The maximum Gasteiger partial charge on any atom is 0.0515 e. The zero-order valence-corrected chi connectivity index (χ0v) is 6.66. The van der Waals surface area contributed by atoms with Gasteiger partial charge in [-0.25, -0.2) is 0 Å². The van der Waals surface area contributed by atoms with Gasteiger partial charge in [0.2, 0.25) is 0 Å². The molecule has 0 aromatic heterocycles. The smallest absolute Gasteiger partial charge is 0.0515 e. The van der Waals surface area contributed by atoms with E-state index in [2.05, 4.69) is 0 Å². The highest BCUT2D eigenvalue weighted by Gasteiger charge is 2.16. The molecule has 1 aliphatic heterocycles. The summed E-state index contributed by atoms with van der Waals surface area (Å²) in [6, 6.07) is 0. The van der Waals surface area contributed by atoms with Crippen LogP contribution in [0.5, 0.6) is 0 Å². The van der Waals surface area contributed by atoms with E-state index in [1.54, 1.807) is 0 Å². The molecule has 1 rings (SSSR count). The predicted octanol–water partition coefficient (Wildman–Crippen LogP) is 1.51. The van der Waals surface area contributed by atoms with Crippen molar-refractivity contribution in [3.05, 3.63) is 0 Å². The number of thioether (sulfide) groups is 1. The lowest BCUT2D eigenvalue weighted by Gasteiger charge is -2.08. The second-order valence-electron chi connectivity index (χ2n) is 2.81. The third-order valence-electron chi connectivity index (χ3n) is 1.70. The van der Waals surface area contributed by atoms with Gasteiger partial charge in [-0.2, -0.15) is 11.8 Å². The van der Waals surface area contributed by atoms with E-state index in [1.165, 1.54) is 17.9 Å². The van der Waals surface area contributed by atoms with Crippen LogP contribution in [0.3, 0.4) is 0 Å². The molecule has 54 valence electrons. The monoisotopic (exact) mass is 146 g/mol. The summed E-state index contributed by atoms with van der Waals surface area (Å²) < 4.78 is 0. The van der Waals surface area contributed by atoms with Crippen molar-refractivity contribution in [2.75, 3.05) is 11.5 Å². The van der Waals surface area contributed by atoms with Crippen molar-refractivity contribution in [1.29, 1.82) is 0 Å². The van der Waals surface area contributed by atoms with Gasteiger partial charge in [-0.15, -0.1) is 0 Å². The molecular weight excluding hydrogens is 132 g/mol. The molecule has 0 aromatic rings. The summed E-state index contributed by atoms with van der Waals surface area (Å²) in [6.45, 7) is 1.88. The Bertz CT molecular complexity index is 77.0. The van der Waals surface area contributed by atoms with Crippen molar-refractivity contribution in [1.82, 2.24) is 0 Å². The highest BCUT2D eigenvalue weighted by atomic mass is 32.2. The minimum atomic E-state index is -0.0892. The van der Waals surface area contributed by atoms with Gasteiger partial charge in [0, 0.05) is 0 Å². The number of aliphatic hydroxyl groups excluding tert-OH is 1. The molecule has 0 radical (unpaired) electrons. The van der Waals surface area contributed by atoms with Crippen LogP contribution in [0.4, 0.5) is 0 Å². The van der Waals surface area contributed by atoms with Crippen LogP contribution in [0, 0.1) is 5.92 Å². The maximum absolute atomic E-state index is 9.00. The second kappa shape index (κ2) is 3.47. The first kappa shape index (κ1) is 7.42. The van der Waals surface area contributed by atoms with Crippen LogP contribution >= 0.6 is 11.8 Å². The summed E-state index contributed by atoms with van der Waals surface area (Å²) in [5, 5.41) is 9.00. The molecule has 2 unspecified atom stereocenters. The Morgan fingerprint density at radius 1 is 1.78 bits per heavy atom. The van der Waals surface area contributed by atoms with Crippen molar-refractivity contribution in [2.24, 2.45) is 5.92 Å². The molecule has 1 aliphatic rings. The fraction of sp³-hybridized carbons (Fsp3) is 1.00. The Kier molecular flexibility index (Phi) is 2.86. The third kappa shape index (κ3) is 2.59. The molecule has 1 heterocycles. The van der Waals surface area contributed by atoms with Crippen LogP contribution in [0.25, 0.3) is 0 Å². The molecule has 1 fully saturated rings. The summed E-state index contributed by atoms with van der Waals surface area (Å²) in [6.07, 6.45) is 2.23. The van der Waals surface area contributed by atoms with Gasteiger partial charge in [0.1, 0.15) is 0 Å². The molecule has 0 amide bonds. The quantitative estimate of drug-likeness (QED) is 0.637. The lowest BCUT2D eigenvalue weighted by atomic mass is 10.0. The van der Waals surface area contributed by atoms with Crippen LogP contribution in [0.2, 0.25) is 0 Å². The van der Waals surface area contributed by atoms with E-state index in [0.717, 1.165) is 12.3 Å². The van der Waals surface area contributed by atoms with Gasteiger partial charge in [-0.3, -0.25) is 0 Å². The molecule has 1 nitrogen and oxygen atoms in total. The van der Waals surface area contributed by atoms with Gasteiger partial charge in [-0.05, 0) is 37.2 Å². The molecule has 0 aromatic carbocycles. The standard InChI is InChI=1S/C7H14OS/c1-6(8)4-7-2-3-9-5-7/h6-8H,2-5H2,1H3. The normalized spacial score (nSPS) is 30.7. The molecule has 2 heteroatoms. The number of hydrogen-bond donors (Lipinski definition) is 1. The van der Waals surface area contributed by atoms with Crippen LogP contribution in [0.1, 0.15) is 19.8 Å². The van der Waals surface area contributed by atoms with Gasteiger partial charge < -0.3 is 5.11 Å². The number of aliphatic hydroxyl groups is 1. The molecule has 0 aliphatic carbocycles. The summed E-state index contributed by atoms with van der Waals surface area (Å²) in [7, 11) is 0. The van der Waals surface area contributed by atoms with E-state index >= 15 is 0 Å².